The predicted octanol–water partition coefficient (Wildman–Crippen LogP) is 0.525. The molecule has 0 fully saturated rings. The van der Waals surface area contributed by atoms with Gasteiger partial charge >= 0.3 is 0 Å². The molecular formula is C17H19N5O3. The molecule has 8 heteroatoms. The maximum Gasteiger partial charge on any atom is 0.267 e. The van der Waals surface area contributed by atoms with Crippen LogP contribution in [-0.2, 0) is 11.3 Å². The second kappa shape index (κ2) is 6.86. The maximum atomic E-state index is 12.8. The third kappa shape index (κ3) is 2.91. The number of amides is 1. The number of ether oxygens (including phenoxy) is 1. The average Bonchev–Trinajstić information content (AvgIpc) is 2.61. The molecule has 1 amide bonds. The van der Waals surface area contributed by atoms with Crippen LogP contribution < -0.4 is 16.4 Å². The smallest absolute Gasteiger partial charge is 0.267 e. The monoisotopic (exact) mass is 341 g/mol. The van der Waals surface area contributed by atoms with E-state index in [9.17, 15) is 9.59 Å². The summed E-state index contributed by atoms with van der Waals surface area (Å²) in [5.74, 6) is -0.391. The fourth-order valence-corrected chi connectivity index (χ4v) is 2.72. The SMILES string of the molecule is CCNC(=O)c1cc2c(=O)n3ccccc3nc2n(CCOC)c1=N. The zero-order valence-electron chi connectivity index (χ0n) is 14.1. The van der Waals surface area contributed by atoms with Crippen LogP contribution in [-0.4, -0.2) is 40.1 Å². The third-order valence-corrected chi connectivity index (χ3v) is 3.92. The van der Waals surface area contributed by atoms with Crippen molar-refractivity contribution >= 4 is 22.6 Å². The molecule has 2 N–H and O–H groups in total. The first kappa shape index (κ1) is 16.8. The summed E-state index contributed by atoms with van der Waals surface area (Å²) in [6.07, 6.45) is 1.63. The molecule has 25 heavy (non-hydrogen) atoms. The number of aromatic nitrogens is 3. The van der Waals surface area contributed by atoms with E-state index in [1.165, 1.54) is 15.0 Å². The predicted molar refractivity (Wildman–Crippen MR) is 92.7 cm³/mol. The summed E-state index contributed by atoms with van der Waals surface area (Å²) >= 11 is 0. The molecular weight excluding hydrogens is 322 g/mol. The quantitative estimate of drug-likeness (QED) is 0.661. The van der Waals surface area contributed by atoms with E-state index in [-0.39, 0.29) is 22.0 Å². The van der Waals surface area contributed by atoms with Crippen molar-refractivity contribution in [3.05, 3.63) is 51.9 Å². The lowest BCUT2D eigenvalue weighted by molar-refractivity contribution is 0.0953. The van der Waals surface area contributed by atoms with Gasteiger partial charge in [-0.2, -0.15) is 0 Å². The minimum atomic E-state index is -0.391. The van der Waals surface area contributed by atoms with Crippen LogP contribution in [0.3, 0.4) is 0 Å². The number of hydrogen-bond acceptors (Lipinski definition) is 5. The molecule has 3 aromatic rings. The van der Waals surface area contributed by atoms with Crippen LogP contribution in [0.25, 0.3) is 16.7 Å². The van der Waals surface area contributed by atoms with Crippen molar-refractivity contribution in [2.75, 3.05) is 20.3 Å². The van der Waals surface area contributed by atoms with Gasteiger partial charge in [-0.1, -0.05) is 6.07 Å². The molecule has 0 saturated carbocycles. The number of hydrogen-bond donors (Lipinski definition) is 2. The van der Waals surface area contributed by atoms with Crippen molar-refractivity contribution in [2.45, 2.75) is 13.5 Å². The van der Waals surface area contributed by atoms with E-state index in [1.807, 2.05) is 0 Å². The first-order valence-electron chi connectivity index (χ1n) is 7.95. The molecule has 0 aromatic carbocycles. The summed E-state index contributed by atoms with van der Waals surface area (Å²) in [5, 5.41) is 11.4. The van der Waals surface area contributed by atoms with E-state index in [1.54, 1.807) is 38.4 Å². The number of carbonyl (C=O) groups excluding carboxylic acids is 1. The van der Waals surface area contributed by atoms with Gasteiger partial charge in [0.05, 0.1) is 17.6 Å². The van der Waals surface area contributed by atoms with Crippen molar-refractivity contribution in [1.82, 2.24) is 19.3 Å². The summed E-state index contributed by atoms with van der Waals surface area (Å²) in [6, 6.07) is 6.70. The standard InChI is InChI=1S/C17H19N5O3/c1-3-19-16(23)11-10-12-15(22(14(11)18)8-9-25-2)20-13-6-4-5-7-21(13)17(12)24/h4-7,10,18H,3,8-9H2,1-2H3,(H,19,23). The second-order valence-electron chi connectivity index (χ2n) is 5.49. The number of methoxy groups -OCH3 is 1. The highest BCUT2D eigenvalue weighted by atomic mass is 16.5. The zero-order valence-corrected chi connectivity index (χ0v) is 14.1. The molecule has 0 aliphatic rings. The Morgan fingerprint density at radius 3 is 2.92 bits per heavy atom. The van der Waals surface area contributed by atoms with Crippen LogP contribution in [0.4, 0.5) is 0 Å². The summed E-state index contributed by atoms with van der Waals surface area (Å²) in [5.41, 5.74) is 0.711. The van der Waals surface area contributed by atoms with Crippen LogP contribution >= 0.6 is 0 Å². The molecule has 3 rings (SSSR count). The van der Waals surface area contributed by atoms with E-state index in [4.69, 9.17) is 10.1 Å². The third-order valence-electron chi connectivity index (χ3n) is 3.92. The van der Waals surface area contributed by atoms with Crippen molar-refractivity contribution in [1.29, 1.82) is 5.41 Å². The number of carbonyl (C=O) groups is 1. The van der Waals surface area contributed by atoms with Crippen LogP contribution in [0.1, 0.15) is 17.3 Å². The first-order valence-corrected chi connectivity index (χ1v) is 7.95. The van der Waals surface area contributed by atoms with E-state index in [0.717, 1.165) is 0 Å². The van der Waals surface area contributed by atoms with Gasteiger partial charge in [0.25, 0.3) is 11.5 Å². The Morgan fingerprint density at radius 1 is 1.40 bits per heavy atom. The van der Waals surface area contributed by atoms with Gasteiger partial charge in [-0.3, -0.25) is 19.4 Å². The van der Waals surface area contributed by atoms with Gasteiger partial charge < -0.3 is 14.6 Å². The Labute approximate surface area is 143 Å². The molecule has 0 spiro atoms. The topological polar surface area (TPSA) is 101 Å². The van der Waals surface area contributed by atoms with Crippen molar-refractivity contribution in [3.8, 4) is 0 Å². The van der Waals surface area contributed by atoms with Crippen LogP contribution in [0.2, 0.25) is 0 Å². The zero-order chi connectivity index (χ0) is 18.0. The summed E-state index contributed by atoms with van der Waals surface area (Å²) in [4.78, 5) is 29.7. The molecule has 0 unspecified atom stereocenters. The van der Waals surface area contributed by atoms with Crippen molar-refractivity contribution in [2.24, 2.45) is 0 Å². The van der Waals surface area contributed by atoms with E-state index in [0.29, 0.717) is 31.0 Å². The summed E-state index contributed by atoms with van der Waals surface area (Å²) in [7, 11) is 1.55. The highest BCUT2D eigenvalue weighted by Gasteiger charge is 2.16. The fraction of sp³-hybridized carbons (Fsp3) is 0.294. The maximum absolute atomic E-state index is 12.8. The number of pyridine rings is 2. The molecule has 0 atom stereocenters. The molecule has 0 saturated heterocycles. The number of nitrogens with zero attached hydrogens (tertiary/aromatic N) is 3. The molecule has 0 aliphatic heterocycles. The van der Waals surface area contributed by atoms with Gasteiger partial charge in [-0.05, 0) is 25.1 Å². The Balaban J connectivity index is 2.41. The van der Waals surface area contributed by atoms with Crippen molar-refractivity contribution < 1.29 is 9.53 Å². The molecule has 3 aromatic heterocycles. The minimum Gasteiger partial charge on any atom is -0.383 e. The van der Waals surface area contributed by atoms with Crippen LogP contribution in [0.5, 0.6) is 0 Å². The normalized spacial score (nSPS) is 11.1. The number of fused-ring (bicyclic) bond motifs is 2. The average molecular weight is 341 g/mol. The van der Waals surface area contributed by atoms with Crippen LogP contribution in [0, 0.1) is 5.41 Å². The molecule has 8 nitrogen and oxygen atoms in total. The largest absolute Gasteiger partial charge is 0.383 e. The number of nitrogens with one attached hydrogen (secondary N) is 2. The van der Waals surface area contributed by atoms with E-state index >= 15 is 0 Å². The molecule has 0 bridgehead atoms. The Hall–Kier alpha value is -3.00. The summed E-state index contributed by atoms with van der Waals surface area (Å²) in [6.45, 7) is 2.88. The lowest BCUT2D eigenvalue weighted by Gasteiger charge is -2.14. The highest BCUT2D eigenvalue weighted by Crippen LogP contribution is 2.10. The van der Waals surface area contributed by atoms with Crippen molar-refractivity contribution in [3.63, 3.8) is 0 Å². The molecule has 0 aliphatic carbocycles. The van der Waals surface area contributed by atoms with E-state index < -0.39 is 5.91 Å². The lowest BCUT2D eigenvalue weighted by Crippen LogP contribution is -2.35. The Bertz CT molecular complexity index is 1070. The first-order chi connectivity index (χ1) is 12.1. The van der Waals surface area contributed by atoms with Gasteiger partial charge in [-0.25, -0.2) is 4.98 Å². The highest BCUT2D eigenvalue weighted by molar-refractivity contribution is 5.96. The molecule has 3 heterocycles. The Morgan fingerprint density at radius 2 is 2.20 bits per heavy atom. The molecule has 130 valence electrons. The van der Waals surface area contributed by atoms with E-state index in [2.05, 4.69) is 10.3 Å². The second-order valence-corrected chi connectivity index (χ2v) is 5.49. The van der Waals surface area contributed by atoms with Gasteiger partial charge in [0.15, 0.2) is 0 Å². The van der Waals surface area contributed by atoms with Crippen LogP contribution in [0.15, 0.2) is 35.3 Å². The minimum absolute atomic E-state index is 0.00248. The van der Waals surface area contributed by atoms with Gasteiger partial charge in [0.1, 0.15) is 16.8 Å². The van der Waals surface area contributed by atoms with Gasteiger partial charge in [0, 0.05) is 26.4 Å². The fourth-order valence-electron chi connectivity index (χ4n) is 2.72. The van der Waals surface area contributed by atoms with Gasteiger partial charge in [-0.15, -0.1) is 0 Å². The summed E-state index contributed by atoms with van der Waals surface area (Å²) < 4.78 is 8.06. The lowest BCUT2D eigenvalue weighted by atomic mass is 10.2. The molecule has 0 radical (unpaired) electrons. The van der Waals surface area contributed by atoms with Gasteiger partial charge in [0.2, 0.25) is 0 Å². The Kier molecular flexibility index (Phi) is 4.62. The number of rotatable bonds is 5.